The van der Waals surface area contributed by atoms with Crippen LogP contribution < -0.4 is 22.5 Å². The van der Waals surface area contributed by atoms with Gasteiger partial charge in [0.1, 0.15) is 17.5 Å². The second-order valence-electron chi connectivity index (χ2n) is 3.66. The highest BCUT2D eigenvalue weighted by Crippen LogP contribution is 2.36. The zero-order chi connectivity index (χ0) is 14.0. The molecule has 0 aliphatic carbocycles. The van der Waals surface area contributed by atoms with Crippen molar-refractivity contribution in [2.45, 2.75) is 11.7 Å². The van der Waals surface area contributed by atoms with E-state index in [-0.39, 0.29) is 18.6 Å². The van der Waals surface area contributed by atoms with Gasteiger partial charge in [-0.15, -0.1) is 11.8 Å². The van der Waals surface area contributed by atoms with Gasteiger partial charge in [-0.3, -0.25) is 9.13 Å². The van der Waals surface area contributed by atoms with Gasteiger partial charge >= 0.3 is 5.69 Å². The molecule has 1 aromatic heterocycles. The lowest BCUT2D eigenvalue weighted by atomic mass is 10.5. The van der Waals surface area contributed by atoms with Gasteiger partial charge in [-0.2, -0.15) is 4.98 Å². The van der Waals surface area contributed by atoms with E-state index in [1.54, 1.807) is 0 Å². The largest absolute Gasteiger partial charge is 0.756 e. The Balaban J connectivity index is 0.00000200. The maximum atomic E-state index is 11.6. The minimum atomic E-state index is -4.77. The van der Waals surface area contributed by atoms with Crippen LogP contribution in [0.25, 0.3) is 0 Å². The summed E-state index contributed by atoms with van der Waals surface area (Å²) < 4.78 is 21.3. The summed E-state index contributed by atoms with van der Waals surface area (Å²) in [5.41, 5.74) is 4.22. The predicted molar refractivity (Wildman–Crippen MR) is 71.0 cm³/mol. The molecule has 12 heteroatoms. The third kappa shape index (κ3) is 4.56. The molecule has 1 aliphatic rings. The van der Waals surface area contributed by atoms with Gasteiger partial charge in [-0.05, 0) is 6.07 Å². The third-order valence-corrected chi connectivity index (χ3v) is 3.84. The van der Waals surface area contributed by atoms with Gasteiger partial charge in [0, 0.05) is 11.9 Å². The van der Waals surface area contributed by atoms with Crippen LogP contribution >= 0.6 is 19.6 Å². The second kappa shape index (κ2) is 6.68. The van der Waals surface area contributed by atoms with E-state index < -0.39 is 25.2 Å². The average molecular weight is 326 g/mol. The third-order valence-electron chi connectivity index (χ3n) is 2.27. The first-order valence-electron chi connectivity index (χ1n) is 5.15. The van der Waals surface area contributed by atoms with Gasteiger partial charge in [-0.25, -0.2) is 4.79 Å². The van der Waals surface area contributed by atoms with E-state index in [0.29, 0.717) is 5.75 Å². The topological polar surface area (TPSA) is 176 Å². The fourth-order valence-electron chi connectivity index (χ4n) is 1.48. The van der Waals surface area contributed by atoms with Crippen molar-refractivity contribution in [3.8, 4) is 0 Å². The van der Waals surface area contributed by atoms with E-state index in [2.05, 4.69) is 9.51 Å². The van der Waals surface area contributed by atoms with E-state index in [9.17, 15) is 14.3 Å². The van der Waals surface area contributed by atoms with Gasteiger partial charge in [0.05, 0.1) is 6.61 Å². The lowest BCUT2D eigenvalue weighted by molar-refractivity contribution is -0.221. The summed E-state index contributed by atoms with van der Waals surface area (Å²) in [7, 11) is -4.77. The highest BCUT2D eigenvalue weighted by atomic mass is 32.2. The van der Waals surface area contributed by atoms with Crippen LogP contribution in [0.2, 0.25) is 0 Å². The minimum Gasteiger partial charge on any atom is -0.756 e. The molecule has 0 radical (unpaired) electrons. The normalized spacial score (nSPS) is 24.9. The SMILES string of the molecule is Nc1ccn([C@@H]2CS[C@H](COP(=O)([O-])O)O2)c(=O)n1.[NH4+]. The Morgan fingerprint density at radius 2 is 2.45 bits per heavy atom. The molecule has 0 aromatic carbocycles. The van der Waals surface area contributed by atoms with Crippen LogP contribution in [-0.4, -0.2) is 32.2 Å². The summed E-state index contributed by atoms with van der Waals surface area (Å²) in [6.07, 6.45) is 0.868. The number of thioether (sulfide) groups is 1. The van der Waals surface area contributed by atoms with Crippen LogP contribution in [0.1, 0.15) is 6.23 Å². The Morgan fingerprint density at radius 1 is 1.75 bits per heavy atom. The molecular formula is C8H15N4O6PS. The molecule has 1 saturated heterocycles. The molecule has 3 atom stereocenters. The van der Waals surface area contributed by atoms with E-state index >= 15 is 0 Å². The molecule has 20 heavy (non-hydrogen) atoms. The number of quaternary nitrogens is 1. The Hall–Kier alpha value is -0.940. The molecule has 0 amide bonds. The second-order valence-corrected chi connectivity index (χ2v) is 6.05. The molecule has 7 N–H and O–H groups in total. The number of aromatic nitrogens is 2. The van der Waals surface area contributed by atoms with Crippen LogP contribution in [0.4, 0.5) is 5.82 Å². The number of hydrogen-bond acceptors (Lipinski definition) is 8. The molecule has 1 unspecified atom stereocenters. The van der Waals surface area contributed by atoms with Gasteiger partial charge in [0.25, 0.3) is 7.82 Å². The van der Waals surface area contributed by atoms with E-state index in [1.165, 1.54) is 28.6 Å². The van der Waals surface area contributed by atoms with Crippen LogP contribution in [0, 0.1) is 0 Å². The Bertz CT molecular complexity index is 562. The minimum absolute atomic E-state index is 0. The van der Waals surface area contributed by atoms with Crippen LogP contribution in [0.3, 0.4) is 0 Å². The Labute approximate surface area is 118 Å². The summed E-state index contributed by atoms with van der Waals surface area (Å²) in [4.78, 5) is 34.0. The number of phosphoric acid groups is 1. The first-order chi connectivity index (χ1) is 8.85. The number of anilines is 1. The van der Waals surface area contributed by atoms with E-state index in [0.717, 1.165) is 0 Å². The van der Waals surface area contributed by atoms with Crippen LogP contribution in [-0.2, 0) is 13.8 Å². The molecule has 114 valence electrons. The lowest BCUT2D eigenvalue weighted by Crippen LogP contribution is -2.28. The molecule has 2 rings (SSSR count). The van der Waals surface area contributed by atoms with Gasteiger partial charge in [0.15, 0.2) is 0 Å². The zero-order valence-corrected chi connectivity index (χ0v) is 12.3. The maximum Gasteiger partial charge on any atom is 0.351 e. The van der Waals surface area contributed by atoms with Crippen molar-refractivity contribution in [3.05, 3.63) is 22.7 Å². The van der Waals surface area contributed by atoms with E-state index in [1.807, 2.05) is 0 Å². The highest BCUT2D eigenvalue weighted by molar-refractivity contribution is 8.00. The Kier molecular flexibility index (Phi) is 5.71. The predicted octanol–water partition coefficient (Wildman–Crippen LogP) is -0.733. The summed E-state index contributed by atoms with van der Waals surface area (Å²) >= 11 is 1.26. The molecule has 0 saturated carbocycles. The number of rotatable bonds is 4. The first-order valence-corrected chi connectivity index (χ1v) is 7.69. The van der Waals surface area contributed by atoms with Gasteiger partial charge in [-0.1, -0.05) is 0 Å². The van der Waals surface area contributed by atoms with Crippen LogP contribution in [0.5, 0.6) is 0 Å². The number of phosphoric ester groups is 1. The van der Waals surface area contributed by atoms with Crippen molar-refractivity contribution in [2.24, 2.45) is 0 Å². The molecular weight excluding hydrogens is 311 g/mol. The fraction of sp³-hybridized carbons (Fsp3) is 0.500. The lowest BCUT2D eigenvalue weighted by Gasteiger charge is -2.18. The van der Waals surface area contributed by atoms with Crippen molar-refractivity contribution in [1.29, 1.82) is 0 Å². The van der Waals surface area contributed by atoms with Crippen molar-refractivity contribution < 1.29 is 23.6 Å². The fourth-order valence-corrected chi connectivity index (χ4v) is 2.89. The molecule has 1 fully saturated rings. The number of nitrogens with zero attached hydrogens (tertiary/aromatic N) is 2. The molecule has 1 aliphatic heterocycles. The first kappa shape index (κ1) is 17.1. The Morgan fingerprint density at radius 3 is 3.05 bits per heavy atom. The summed E-state index contributed by atoms with van der Waals surface area (Å²) in [5.74, 6) is 0.535. The molecule has 0 spiro atoms. The zero-order valence-electron chi connectivity index (χ0n) is 10.5. The summed E-state index contributed by atoms with van der Waals surface area (Å²) in [5, 5.41) is 0. The van der Waals surface area contributed by atoms with Crippen molar-refractivity contribution in [1.82, 2.24) is 15.7 Å². The molecule has 0 bridgehead atoms. The summed E-state index contributed by atoms with van der Waals surface area (Å²) in [6, 6.07) is 1.46. The quantitative estimate of drug-likeness (QED) is 0.601. The monoisotopic (exact) mass is 326 g/mol. The van der Waals surface area contributed by atoms with Crippen LogP contribution in [0.15, 0.2) is 17.1 Å². The van der Waals surface area contributed by atoms with Gasteiger partial charge < -0.3 is 30.9 Å². The maximum absolute atomic E-state index is 11.6. The average Bonchev–Trinajstić information content (AvgIpc) is 2.74. The number of nitrogen functional groups attached to an aromatic ring is 1. The molecule has 1 aromatic rings. The van der Waals surface area contributed by atoms with Crippen molar-refractivity contribution in [2.75, 3.05) is 18.1 Å². The summed E-state index contributed by atoms with van der Waals surface area (Å²) in [6.45, 7) is -0.324. The highest BCUT2D eigenvalue weighted by Gasteiger charge is 2.28. The van der Waals surface area contributed by atoms with Crippen molar-refractivity contribution >= 4 is 25.4 Å². The number of ether oxygens (including phenoxy) is 1. The molecule has 10 nitrogen and oxygen atoms in total. The standard InChI is InChI=1S/C8H12N3O6PS.H3N/c9-5-1-2-11(8(12)10-5)6-4-19-7(17-6)3-16-18(13,14)15;/h1-2,6-7H,3-4H2,(H2,9,10,12)(H2,13,14,15);1H3/t6-,7+;/m0./s1. The molecule has 2 heterocycles. The smallest absolute Gasteiger partial charge is 0.351 e. The van der Waals surface area contributed by atoms with Gasteiger partial charge in [0.2, 0.25) is 0 Å². The van der Waals surface area contributed by atoms with Crippen molar-refractivity contribution in [3.63, 3.8) is 0 Å². The number of nitrogens with two attached hydrogens (primary N) is 1. The number of hydrogen-bond donors (Lipinski definition) is 3. The van der Waals surface area contributed by atoms with E-state index in [4.69, 9.17) is 15.4 Å².